The standard InChI is InChI=1S/C19H11N3O2/c20-10-12-5-6-15-16(22-23)9-19(24-18(15)7-12)17-8-13-3-1-2-4-14(13)11-21-17/h1-9,11,23H/b22-16-. The summed E-state index contributed by atoms with van der Waals surface area (Å²) in [4.78, 5) is 4.42. The van der Waals surface area contributed by atoms with Gasteiger partial charge in [-0.3, -0.25) is 4.98 Å². The molecule has 2 aromatic carbocycles. The maximum Gasteiger partial charge on any atom is 0.155 e. The number of nitriles is 1. The van der Waals surface area contributed by atoms with Gasteiger partial charge in [0.2, 0.25) is 0 Å². The fraction of sp³-hybridized carbons (Fsp3) is 0. The van der Waals surface area contributed by atoms with Crippen LogP contribution in [0, 0.1) is 11.3 Å². The molecule has 24 heavy (non-hydrogen) atoms. The molecule has 0 bridgehead atoms. The highest BCUT2D eigenvalue weighted by Gasteiger charge is 2.09. The van der Waals surface area contributed by atoms with Crippen LogP contribution in [0.25, 0.3) is 33.2 Å². The molecule has 0 radical (unpaired) electrons. The third kappa shape index (κ3) is 2.27. The van der Waals surface area contributed by atoms with Crippen molar-refractivity contribution in [2.45, 2.75) is 0 Å². The minimum atomic E-state index is 0.366. The third-order valence-corrected chi connectivity index (χ3v) is 3.87. The summed E-state index contributed by atoms with van der Waals surface area (Å²) in [5.74, 6) is 0.469. The van der Waals surface area contributed by atoms with Crippen LogP contribution in [0.2, 0.25) is 0 Å². The molecule has 0 aliphatic rings. The smallest absolute Gasteiger partial charge is 0.155 e. The van der Waals surface area contributed by atoms with Gasteiger partial charge in [0.25, 0.3) is 0 Å². The van der Waals surface area contributed by atoms with Gasteiger partial charge in [0.1, 0.15) is 16.6 Å². The monoisotopic (exact) mass is 313 g/mol. The first-order valence-corrected chi connectivity index (χ1v) is 7.30. The molecule has 4 rings (SSSR count). The quantitative estimate of drug-likeness (QED) is 0.428. The maximum absolute atomic E-state index is 9.30. The highest BCUT2D eigenvalue weighted by atomic mass is 16.4. The van der Waals surface area contributed by atoms with Gasteiger partial charge in [0, 0.05) is 23.0 Å². The van der Waals surface area contributed by atoms with Gasteiger partial charge in [0.15, 0.2) is 5.76 Å². The van der Waals surface area contributed by atoms with E-state index < -0.39 is 0 Å². The Bertz CT molecular complexity index is 1190. The van der Waals surface area contributed by atoms with Crippen molar-refractivity contribution in [2.24, 2.45) is 5.16 Å². The van der Waals surface area contributed by atoms with Crippen LogP contribution in [0.1, 0.15) is 5.56 Å². The SMILES string of the molecule is N#Cc1ccc2/c(=N\O)cc(-c3cc4ccccc4cn3)oc2c1. The van der Waals surface area contributed by atoms with Gasteiger partial charge < -0.3 is 9.62 Å². The van der Waals surface area contributed by atoms with E-state index in [0.717, 1.165) is 10.8 Å². The molecule has 2 aromatic heterocycles. The summed E-state index contributed by atoms with van der Waals surface area (Å²) in [6.07, 6.45) is 1.77. The molecule has 114 valence electrons. The zero-order valence-corrected chi connectivity index (χ0v) is 12.5. The molecule has 5 heteroatoms. The molecule has 1 N–H and O–H groups in total. The van der Waals surface area contributed by atoms with E-state index in [0.29, 0.717) is 33.3 Å². The van der Waals surface area contributed by atoms with E-state index in [9.17, 15) is 5.21 Å². The first-order chi connectivity index (χ1) is 11.8. The molecule has 0 unspecified atom stereocenters. The Morgan fingerprint density at radius 1 is 1.04 bits per heavy atom. The number of pyridine rings is 1. The Morgan fingerprint density at radius 3 is 2.67 bits per heavy atom. The van der Waals surface area contributed by atoms with Crippen LogP contribution in [0.4, 0.5) is 0 Å². The van der Waals surface area contributed by atoms with E-state index in [1.807, 2.05) is 30.3 Å². The van der Waals surface area contributed by atoms with Gasteiger partial charge in [0.05, 0.1) is 11.6 Å². The average Bonchev–Trinajstić information content (AvgIpc) is 2.66. The lowest BCUT2D eigenvalue weighted by Crippen LogP contribution is -2.03. The van der Waals surface area contributed by atoms with Crippen molar-refractivity contribution in [3.05, 3.63) is 71.7 Å². The van der Waals surface area contributed by atoms with E-state index in [1.165, 1.54) is 0 Å². The summed E-state index contributed by atoms with van der Waals surface area (Å²) in [5, 5.41) is 24.7. The summed E-state index contributed by atoms with van der Waals surface area (Å²) in [7, 11) is 0. The minimum absolute atomic E-state index is 0.366. The largest absolute Gasteiger partial charge is 0.454 e. The number of hydrogen-bond donors (Lipinski definition) is 1. The first-order valence-electron chi connectivity index (χ1n) is 7.30. The van der Waals surface area contributed by atoms with Crippen molar-refractivity contribution in [1.29, 1.82) is 5.26 Å². The van der Waals surface area contributed by atoms with E-state index in [2.05, 4.69) is 16.2 Å². The van der Waals surface area contributed by atoms with Gasteiger partial charge in [-0.15, -0.1) is 0 Å². The predicted molar refractivity (Wildman–Crippen MR) is 89.0 cm³/mol. The number of rotatable bonds is 1. The van der Waals surface area contributed by atoms with Crippen molar-refractivity contribution in [1.82, 2.24) is 4.98 Å². The summed E-state index contributed by atoms with van der Waals surface area (Å²) in [5.41, 5.74) is 1.57. The molecule has 0 aliphatic heterocycles. The van der Waals surface area contributed by atoms with Crippen molar-refractivity contribution in [3.8, 4) is 17.5 Å². The number of aromatic nitrogens is 1. The van der Waals surface area contributed by atoms with E-state index in [4.69, 9.17) is 9.68 Å². The van der Waals surface area contributed by atoms with Crippen molar-refractivity contribution in [3.63, 3.8) is 0 Å². The number of benzene rings is 2. The summed E-state index contributed by atoms with van der Waals surface area (Å²) in [6.45, 7) is 0. The molecule has 0 amide bonds. The zero-order chi connectivity index (χ0) is 16.5. The van der Waals surface area contributed by atoms with Crippen LogP contribution in [0.15, 0.2) is 70.4 Å². The molecule has 0 atom stereocenters. The Hall–Kier alpha value is -3.65. The van der Waals surface area contributed by atoms with Gasteiger partial charge >= 0.3 is 0 Å². The van der Waals surface area contributed by atoms with Crippen LogP contribution < -0.4 is 5.36 Å². The maximum atomic E-state index is 9.30. The number of nitrogens with zero attached hydrogens (tertiary/aromatic N) is 3. The summed E-state index contributed by atoms with van der Waals surface area (Å²) in [6, 6.07) is 18.5. The second-order valence-corrected chi connectivity index (χ2v) is 5.34. The Labute approximate surface area is 136 Å². The molecule has 0 saturated carbocycles. The molecule has 0 fully saturated rings. The highest BCUT2D eigenvalue weighted by molar-refractivity contribution is 5.85. The Morgan fingerprint density at radius 2 is 1.88 bits per heavy atom. The molecule has 4 aromatic rings. The molecule has 0 saturated heterocycles. The highest BCUT2D eigenvalue weighted by Crippen LogP contribution is 2.24. The summed E-state index contributed by atoms with van der Waals surface area (Å²) >= 11 is 0. The van der Waals surface area contributed by atoms with Crippen molar-refractivity contribution in [2.75, 3.05) is 0 Å². The third-order valence-electron chi connectivity index (χ3n) is 3.87. The van der Waals surface area contributed by atoms with E-state index in [1.54, 1.807) is 30.5 Å². The van der Waals surface area contributed by atoms with E-state index >= 15 is 0 Å². The molecule has 0 aliphatic carbocycles. The zero-order valence-electron chi connectivity index (χ0n) is 12.5. The van der Waals surface area contributed by atoms with Crippen LogP contribution in [-0.2, 0) is 0 Å². The first kappa shape index (κ1) is 14.0. The van der Waals surface area contributed by atoms with Crippen molar-refractivity contribution >= 4 is 21.7 Å². The van der Waals surface area contributed by atoms with Gasteiger partial charge in [-0.2, -0.15) is 5.26 Å². The fourth-order valence-corrected chi connectivity index (χ4v) is 2.67. The lowest BCUT2D eigenvalue weighted by atomic mass is 10.1. The molecular formula is C19H11N3O2. The topological polar surface area (TPSA) is 82.4 Å². The van der Waals surface area contributed by atoms with Crippen LogP contribution in [-0.4, -0.2) is 10.2 Å². The average molecular weight is 313 g/mol. The Kier molecular flexibility index (Phi) is 3.22. The van der Waals surface area contributed by atoms with Gasteiger partial charge in [-0.1, -0.05) is 29.4 Å². The fourth-order valence-electron chi connectivity index (χ4n) is 2.67. The molecule has 2 heterocycles. The van der Waals surface area contributed by atoms with Crippen LogP contribution in [0.3, 0.4) is 0 Å². The van der Waals surface area contributed by atoms with Crippen LogP contribution in [0.5, 0.6) is 0 Å². The van der Waals surface area contributed by atoms with Crippen LogP contribution >= 0.6 is 0 Å². The second-order valence-electron chi connectivity index (χ2n) is 5.34. The van der Waals surface area contributed by atoms with E-state index in [-0.39, 0.29) is 0 Å². The lowest BCUT2D eigenvalue weighted by molar-refractivity contribution is 0.302. The van der Waals surface area contributed by atoms with Crippen molar-refractivity contribution < 1.29 is 9.62 Å². The lowest BCUT2D eigenvalue weighted by Gasteiger charge is -2.05. The number of hydrogen-bond acceptors (Lipinski definition) is 5. The Balaban J connectivity index is 1.99. The molecular weight excluding hydrogens is 302 g/mol. The molecule has 5 nitrogen and oxygen atoms in total. The summed E-state index contributed by atoms with van der Waals surface area (Å²) < 4.78 is 5.90. The van der Waals surface area contributed by atoms with Gasteiger partial charge in [-0.25, -0.2) is 0 Å². The normalized spacial score (nSPS) is 11.7. The predicted octanol–water partition coefficient (Wildman–Crippen LogP) is 3.81. The minimum Gasteiger partial charge on any atom is -0.454 e. The number of fused-ring (bicyclic) bond motifs is 2. The van der Waals surface area contributed by atoms with Gasteiger partial charge in [-0.05, 0) is 29.7 Å². The second kappa shape index (κ2) is 5.52. The molecule has 0 spiro atoms.